The lowest BCUT2D eigenvalue weighted by Gasteiger charge is -2.10. The molecule has 136 valence electrons. The number of ether oxygens (including phenoxy) is 1. The van der Waals surface area contributed by atoms with Crippen LogP contribution in [0, 0.1) is 0 Å². The summed E-state index contributed by atoms with van der Waals surface area (Å²) < 4.78 is 16.6. The van der Waals surface area contributed by atoms with Gasteiger partial charge in [0.2, 0.25) is 5.76 Å². The third-order valence-corrected chi connectivity index (χ3v) is 4.46. The Morgan fingerprint density at radius 1 is 1.00 bits per heavy atom. The maximum Gasteiger partial charge on any atom is 0.379 e. The van der Waals surface area contributed by atoms with Crippen molar-refractivity contribution in [1.82, 2.24) is 0 Å². The van der Waals surface area contributed by atoms with E-state index in [0.29, 0.717) is 28.5 Å². The van der Waals surface area contributed by atoms with E-state index in [-0.39, 0.29) is 11.5 Å². The highest BCUT2D eigenvalue weighted by Gasteiger charge is 2.21. The van der Waals surface area contributed by atoms with Crippen LogP contribution in [0.5, 0.6) is 5.75 Å². The van der Waals surface area contributed by atoms with Crippen LogP contribution < -0.4 is 10.4 Å². The Balaban J connectivity index is 1.79. The van der Waals surface area contributed by atoms with Gasteiger partial charge in [0.15, 0.2) is 5.75 Å². The maximum atomic E-state index is 12.7. The fraction of sp³-hybridized carbons (Fsp3) is 0.182. The number of para-hydroxylation sites is 2. The molecule has 0 aliphatic carbocycles. The summed E-state index contributed by atoms with van der Waals surface area (Å²) in [5, 5.41) is 1.40. The van der Waals surface area contributed by atoms with E-state index >= 15 is 0 Å². The molecule has 5 heteroatoms. The molecule has 2 heterocycles. The summed E-state index contributed by atoms with van der Waals surface area (Å²) in [5.74, 6) is -0.296. The molecule has 0 amide bonds. The van der Waals surface area contributed by atoms with Gasteiger partial charge in [-0.3, -0.25) is 0 Å². The van der Waals surface area contributed by atoms with Crippen molar-refractivity contribution in [2.45, 2.75) is 26.2 Å². The molecule has 5 nitrogen and oxygen atoms in total. The van der Waals surface area contributed by atoms with Gasteiger partial charge in [-0.05, 0) is 37.1 Å². The fourth-order valence-electron chi connectivity index (χ4n) is 3.07. The lowest BCUT2D eigenvalue weighted by molar-refractivity contribution is 0.0704. The van der Waals surface area contributed by atoms with Crippen LogP contribution >= 0.6 is 0 Å². The molecule has 0 unspecified atom stereocenters. The molecule has 0 aliphatic rings. The van der Waals surface area contributed by atoms with Crippen molar-refractivity contribution in [3.63, 3.8) is 0 Å². The highest BCUT2D eigenvalue weighted by Crippen LogP contribution is 2.30. The lowest BCUT2D eigenvalue weighted by Crippen LogP contribution is -2.15. The van der Waals surface area contributed by atoms with Crippen molar-refractivity contribution >= 4 is 27.9 Å². The normalized spacial score (nSPS) is 11.1. The first-order valence-corrected chi connectivity index (χ1v) is 8.93. The fourth-order valence-corrected chi connectivity index (χ4v) is 3.07. The molecule has 27 heavy (non-hydrogen) atoms. The van der Waals surface area contributed by atoms with Gasteiger partial charge >= 0.3 is 11.6 Å². The number of hydrogen-bond donors (Lipinski definition) is 0. The van der Waals surface area contributed by atoms with Crippen LogP contribution in [0.1, 0.15) is 35.9 Å². The van der Waals surface area contributed by atoms with Crippen molar-refractivity contribution < 1.29 is 18.4 Å². The second-order valence-corrected chi connectivity index (χ2v) is 6.33. The number of esters is 1. The highest BCUT2D eigenvalue weighted by molar-refractivity contribution is 5.96. The van der Waals surface area contributed by atoms with Gasteiger partial charge in [0.25, 0.3) is 0 Å². The van der Waals surface area contributed by atoms with Gasteiger partial charge in [0.1, 0.15) is 11.2 Å². The Kier molecular flexibility index (Phi) is 4.50. The van der Waals surface area contributed by atoms with Crippen molar-refractivity contribution in [1.29, 1.82) is 0 Å². The zero-order chi connectivity index (χ0) is 18.8. The quantitative estimate of drug-likeness (QED) is 0.365. The molecule has 0 bridgehead atoms. The summed E-state index contributed by atoms with van der Waals surface area (Å²) >= 11 is 0. The number of carbonyl (C=O) groups is 1. The predicted octanol–water partition coefficient (Wildman–Crippen LogP) is 5.10. The van der Waals surface area contributed by atoms with Gasteiger partial charge in [0.05, 0.1) is 10.9 Å². The van der Waals surface area contributed by atoms with Crippen LogP contribution in [0.2, 0.25) is 0 Å². The summed E-state index contributed by atoms with van der Waals surface area (Å²) in [5.41, 5.74) is 0.887. The monoisotopic (exact) mass is 362 g/mol. The van der Waals surface area contributed by atoms with Crippen molar-refractivity contribution in [3.8, 4) is 5.75 Å². The zero-order valence-electron chi connectivity index (χ0n) is 14.9. The molecule has 2 aromatic heterocycles. The third kappa shape index (κ3) is 3.24. The molecular weight excluding hydrogens is 344 g/mol. The van der Waals surface area contributed by atoms with Gasteiger partial charge in [-0.2, -0.15) is 0 Å². The molecule has 4 aromatic rings. The highest BCUT2D eigenvalue weighted by atomic mass is 16.5. The SMILES string of the molecule is CCCCc1c(OC(=O)c2cc3ccccc3o2)c2ccccc2oc1=O. The molecule has 0 fully saturated rings. The Morgan fingerprint density at radius 3 is 2.52 bits per heavy atom. The zero-order valence-corrected chi connectivity index (χ0v) is 14.9. The summed E-state index contributed by atoms with van der Waals surface area (Å²) in [4.78, 5) is 25.2. The number of furan rings is 1. The van der Waals surface area contributed by atoms with Crippen molar-refractivity contribution in [2.75, 3.05) is 0 Å². The lowest BCUT2D eigenvalue weighted by atomic mass is 10.1. The van der Waals surface area contributed by atoms with Crippen molar-refractivity contribution in [2.24, 2.45) is 0 Å². The first-order chi connectivity index (χ1) is 13.2. The van der Waals surface area contributed by atoms with E-state index in [9.17, 15) is 9.59 Å². The minimum absolute atomic E-state index is 0.0926. The van der Waals surface area contributed by atoms with Gasteiger partial charge in [-0.15, -0.1) is 0 Å². The number of rotatable bonds is 5. The topological polar surface area (TPSA) is 69.7 Å². The number of hydrogen-bond acceptors (Lipinski definition) is 5. The number of unbranched alkanes of at least 4 members (excludes halogenated alkanes) is 1. The van der Waals surface area contributed by atoms with Crippen LogP contribution in [0.3, 0.4) is 0 Å². The standard InChI is InChI=1S/C22H18O5/c1-2-3-9-16-20(15-10-5-7-12-18(15)26-21(16)23)27-22(24)19-13-14-8-4-6-11-17(14)25-19/h4-8,10-13H,2-3,9H2,1H3. The van der Waals surface area contributed by atoms with E-state index in [1.807, 2.05) is 31.2 Å². The summed E-state index contributed by atoms with van der Waals surface area (Å²) in [6.45, 7) is 2.03. The molecule has 0 atom stereocenters. The molecule has 0 N–H and O–H groups in total. The Labute approximate surface area is 155 Å². The van der Waals surface area contributed by atoms with Gasteiger partial charge in [-0.25, -0.2) is 9.59 Å². The maximum absolute atomic E-state index is 12.7. The van der Waals surface area contributed by atoms with Gasteiger partial charge in [0, 0.05) is 5.39 Å². The average molecular weight is 362 g/mol. The number of carbonyl (C=O) groups excluding carboxylic acids is 1. The smallest absolute Gasteiger partial charge is 0.379 e. The van der Waals surface area contributed by atoms with Crippen LogP contribution in [-0.4, -0.2) is 5.97 Å². The first kappa shape index (κ1) is 17.1. The van der Waals surface area contributed by atoms with Crippen LogP contribution in [0.25, 0.3) is 21.9 Å². The van der Waals surface area contributed by atoms with Gasteiger partial charge in [-0.1, -0.05) is 43.7 Å². The van der Waals surface area contributed by atoms with E-state index in [2.05, 4.69) is 0 Å². The van der Waals surface area contributed by atoms with E-state index in [4.69, 9.17) is 13.6 Å². The largest absolute Gasteiger partial charge is 0.449 e. The summed E-state index contributed by atoms with van der Waals surface area (Å²) in [6.07, 6.45) is 2.17. The van der Waals surface area contributed by atoms with Crippen LogP contribution in [0.4, 0.5) is 0 Å². The number of fused-ring (bicyclic) bond motifs is 2. The Bertz CT molecular complexity index is 1150. The minimum Gasteiger partial charge on any atom is -0.449 e. The molecule has 0 spiro atoms. The summed E-state index contributed by atoms with van der Waals surface area (Å²) in [6, 6.07) is 16.0. The second-order valence-electron chi connectivity index (χ2n) is 6.33. The molecule has 4 rings (SSSR count). The van der Waals surface area contributed by atoms with E-state index in [1.165, 1.54) is 0 Å². The molecule has 0 saturated heterocycles. The van der Waals surface area contributed by atoms with E-state index < -0.39 is 11.6 Å². The van der Waals surface area contributed by atoms with Gasteiger partial charge < -0.3 is 13.6 Å². The molecule has 0 saturated carbocycles. The molecule has 0 radical (unpaired) electrons. The van der Waals surface area contributed by atoms with Crippen molar-refractivity contribution in [3.05, 3.63) is 76.3 Å². The Morgan fingerprint density at radius 2 is 1.74 bits per heavy atom. The van der Waals surface area contributed by atoms with Crippen LogP contribution in [0.15, 0.2) is 68.2 Å². The minimum atomic E-state index is -0.639. The predicted molar refractivity (Wildman–Crippen MR) is 102 cm³/mol. The number of benzene rings is 2. The molecule has 0 aliphatic heterocycles. The first-order valence-electron chi connectivity index (χ1n) is 8.93. The summed E-state index contributed by atoms with van der Waals surface area (Å²) in [7, 11) is 0. The van der Waals surface area contributed by atoms with E-state index in [1.54, 1.807) is 30.3 Å². The molecule has 2 aromatic carbocycles. The van der Waals surface area contributed by atoms with E-state index in [0.717, 1.165) is 18.2 Å². The second kappa shape index (κ2) is 7.11. The average Bonchev–Trinajstić information content (AvgIpc) is 3.12. The molecular formula is C22H18O5. The Hall–Kier alpha value is -3.34. The van der Waals surface area contributed by atoms with Crippen LogP contribution in [-0.2, 0) is 6.42 Å². The third-order valence-electron chi connectivity index (χ3n) is 4.46.